The summed E-state index contributed by atoms with van der Waals surface area (Å²) in [6.07, 6.45) is 1.68. The molecule has 3 aromatic carbocycles. The lowest BCUT2D eigenvalue weighted by Crippen LogP contribution is -2.47. The molecule has 0 saturated carbocycles. The molecule has 194 valence electrons. The number of carbonyl (C=O) groups is 1. The first-order valence-corrected chi connectivity index (χ1v) is 12.1. The van der Waals surface area contributed by atoms with Gasteiger partial charge in [-0.3, -0.25) is 25.0 Å². The van der Waals surface area contributed by atoms with Gasteiger partial charge < -0.3 is 4.90 Å². The lowest BCUT2D eigenvalue weighted by Gasteiger charge is -2.37. The molecule has 1 heterocycles. The minimum Gasteiger partial charge on any atom is -0.368 e. The van der Waals surface area contributed by atoms with Gasteiger partial charge in [0.2, 0.25) is 0 Å². The molecule has 0 aromatic heterocycles. The molecule has 37 heavy (non-hydrogen) atoms. The predicted molar refractivity (Wildman–Crippen MR) is 135 cm³/mol. The zero-order valence-corrected chi connectivity index (χ0v) is 20.1. The van der Waals surface area contributed by atoms with E-state index >= 15 is 0 Å². The summed E-state index contributed by atoms with van der Waals surface area (Å²) in [7, 11) is 0. The van der Waals surface area contributed by atoms with Gasteiger partial charge in [-0.25, -0.2) is 14.3 Å². The lowest BCUT2D eigenvalue weighted by atomic mass is 9.87. The highest BCUT2D eigenvalue weighted by molar-refractivity contribution is 5.99. The van der Waals surface area contributed by atoms with Crippen molar-refractivity contribution in [2.45, 2.75) is 18.8 Å². The van der Waals surface area contributed by atoms with E-state index in [2.05, 4.69) is 4.90 Å². The minimum absolute atomic E-state index is 0.0159. The molecule has 2 N–H and O–H groups in total. The molecule has 1 fully saturated rings. The lowest BCUT2D eigenvalue weighted by molar-refractivity contribution is -0.384. The number of halogens is 2. The molecule has 4 rings (SSSR count). The maximum atomic E-state index is 13.5. The van der Waals surface area contributed by atoms with Crippen LogP contribution in [0.4, 0.5) is 20.2 Å². The molecule has 0 atom stereocenters. The quantitative estimate of drug-likeness (QED) is 0.245. The molecule has 10 heteroatoms. The first-order valence-electron chi connectivity index (χ1n) is 12.1. The van der Waals surface area contributed by atoms with Crippen LogP contribution in [-0.4, -0.2) is 53.7 Å². The van der Waals surface area contributed by atoms with Crippen LogP contribution in [0.1, 0.15) is 40.2 Å². The van der Waals surface area contributed by atoms with E-state index in [0.29, 0.717) is 18.8 Å². The van der Waals surface area contributed by atoms with E-state index in [1.54, 1.807) is 29.7 Å². The number of hydrogen-bond donors (Lipinski definition) is 2. The van der Waals surface area contributed by atoms with Crippen molar-refractivity contribution in [3.63, 3.8) is 0 Å². The summed E-state index contributed by atoms with van der Waals surface area (Å²) in [5.74, 6) is -1.38. The van der Waals surface area contributed by atoms with Crippen molar-refractivity contribution in [3.05, 3.63) is 105 Å². The number of carbonyl (C=O) groups excluding carboxylic acids is 1. The number of nitro benzene ring substituents is 1. The van der Waals surface area contributed by atoms with Crippen LogP contribution in [0.3, 0.4) is 0 Å². The van der Waals surface area contributed by atoms with Gasteiger partial charge in [0.1, 0.15) is 11.6 Å². The molecular formula is C27H28F2N4O4. The predicted octanol–water partition coefficient (Wildman–Crippen LogP) is 4.73. The summed E-state index contributed by atoms with van der Waals surface area (Å²) in [5, 5.41) is 20.2. The topological polar surface area (TPSA) is 98.9 Å². The van der Waals surface area contributed by atoms with Crippen LogP contribution in [-0.2, 0) is 0 Å². The SMILES string of the molecule is O=C(NO)c1cc([N+](=O)[O-])ccc1N1CCN(CCCC(c2ccc(F)cc2)c2ccc(F)cc2)CC1. The third kappa shape index (κ3) is 6.46. The normalized spacial score (nSPS) is 14.1. The van der Waals surface area contributed by atoms with Crippen molar-refractivity contribution in [1.82, 2.24) is 10.4 Å². The second-order valence-electron chi connectivity index (χ2n) is 9.03. The van der Waals surface area contributed by atoms with E-state index in [-0.39, 0.29) is 28.8 Å². The number of nitrogens with zero attached hydrogens (tertiary/aromatic N) is 3. The first-order chi connectivity index (χ1) is 17.9. The number of rotatable bonds is 9. The molecule has 0 aliphatic carbocycles. The van der Waals surface area contributed by atoms with Crippen molar-refractivity contribution in [2.24, 2.45) is 0 Å². The molecule has 1 aliphatic rings. The number of non-ortho nitro benzene ring substituents is 1. The van der Waals surface area contributed by atoms with Crippen LogP contribution < -0.4 is 10.4 Å². The largest absolute Gasteiger partial charge is 0.368 e. The fourth-order valence-electron chi connectivity index (χ4n) is 4.80. The summed E-state index contributed by atoms with van der Waals surface area (Å²) in [6, 6.07) is 16.9. The first kappa shape index (κ1) is 26.2. The Morgan fingerprint density at radius 1 is 0.946 bits per heavy atom. The molecule has 0 radical (unpaired) electrons. The number of anilines is 1. The third-order valence-corrected chi connectivity index (χ3v) is 6.76. The number of benzene rings is 3. The standard InChI is InChI=1S/C27H28F2N4O4/c28-21-7-3-19(4-8-21)24(20-5-9-22(29)10-6-20)2-1-13-31-14-16-32(17-15-31)26-12-11-23(33(36)37)18-25(26)27(34)30-35/h3-12,18,24,35H,1-2,13-17H2,(H,30,34). The highest BCUT2D eigenvalue weighted by Gasteiger charge is 2.24. The van der Waals surface area contributed by atoms with Gasteiger partial charge in [-0.15, -0.1) is 0 Å². The maximum Gasteiger partial charge on any atom is 0.276 e. The summed E-state index contributed by atoms with van der Waals surface area (Å²) >= 11 is 0. The van der Waals surface area contributed by atoms with E-state index in [9.17, 15) is 23.7 Å². The molecular weight excluding hydrogens is 482 g/mol. The van der Waals surface area contributed by atoms with Gasteiger partial charge in [-0.2, -0.15) is 0 Å². The van der Waals surface area contributed by atoms with Crippen LogP contribution in [0.2, 0.25) is 0 Å². The minimum atomic E-state index is -0.797. The van der Waals surface area contributed by atoms with Crippen molar-refractivity contribution in [1.29, 1.82) is 0 Å². The number of hydrogen-bond acceptors (Lipinski definition) is 6. The third-order valence-electron chi connectivity index (χ3n) is 6.76. The van der Waals surface area contributed by atoms with E-state index in [1.165, 1.54) is 36.4 Å². The molecule has 0 bridgehead atoms. The summed E-state index contributed by atoms with van der Waals surface area (Å²) < 4.78 is 26.9. The Labute approximate surface area is 213 Å². The van der Waals surface area contributed by atoms with E-state index in [0.717, 1.165) is 49.7 Å². The monoisotopic (exact) mass is 510 g/mol. The molecule has 3 aromatic rings. The van der Waals surface area contributed by atoms with Crippen LogP contribution in [0.15, 0.2) is 66.7 Å². The zero-order valence-electron chi connectivity index (χ0n) is 20.1. The highest BCUT2D eigenvalue weighted by atomic mass is 19.1. The average Bonchev–Trinajstić information content (AvgIpc) is 2.92. The molecule has 1 saturated heterocycles. The van der Waals surface area contributed by atoms with E-state index < -0.39 is 10.8 Å². The molecule has 0 unspecified atom stereocenters. The second-order valence-corrected chi connectivity index (χ2v) is 9.03. The fourth-order valence-corrected chi connectivity index (χ4v) is 4.80. The number of hydroxylamine groups is 1. The summed E-state index contributed by atoms with van der Waals surface area (Å²) in [6.45, 7) is 3.52. The van der Waals surface area contributed by atoms with E-state index in [1.807, 2.05) is 4.90 Å². The Kier molecular flexibility index (Phi) is 8.42. The number of nitro groups is 1. The van der Waals surface area contributed by atoms with Crippen molar-refractivity contribution < 1.29 is 23.7 Å². The number of nitrogens with one attached hydrogen (secondary N) is 1. The van der Waals surface area contributed by atoms with Crippen molar-refractivity contribution in [3.8, 4) is 0 Å². The number of piperazine rings is 1. The smallest absolute Gasteiger partial charge is 0.276 e. The van der Waals surface area contributed by atoms with Crippen LogP contribution in [0.5, 0.6) is 0 Å². The second kappa shape index (κ2) is 11.9. The molecule has 1 amide bonds. The molecule has 0 spiro atoms. The number of amides is 1. The van der Waals surface area contributed by atoms with Crippen molar-refractivity contribution >= 4 is 17.3 Å². The van der Waals surface area contributed by atoms with Gasteiger partial charge in [0, 0.05) is 44.2 Å². The van der Waals surface area contributed by atoms with Crippen LogP contribution in [0.25, 0.3) is 0 Å². The molecule has 8 nitrogen and oxygen atoms in total. The van der Waals surface area contributed by atoms with Gasteiger partial charge in [-0.05, 0) is 60.8 Å². The van der Waals surface area contributed by atoms with Crippen molar-refractivity contribution in [2.75, 3.05) is 37.6 Å². The van der Waals surface area contributed by atoms with Crippen LogP contribution in [0, 0.1) is 21.7 Å². The Hall–Kier alpha value is -3.89. The van der Waals surface area contributed by atoms with E-state index in [4.69, 9.17) is 5.21 Å². The Balaban J connectivity index is 1.37. The highest BCUT2D eigenvalue weighted by Crippen LogP contribution is 2.30. The Morgan fingerprint density at radius 3 is 2.03 bits per heavy atom. The van der Waals surface area contributed by atoms with Crippen LogP contribution >= 0.6 is 0 Å². The fraction of sp³-hybridized carbons (Fsp3) is 0.296. The Morgan fingerprint density at radius 2 is 1.51 bits per heavy atom. The van der Waals surface area contributed by atoms with Gasteiger partial charge in [0.15, 0.2) is 0 Å². The maximum absolute atomic E-state index is 13.5. The van der Waals surface area contributed by atoms with Gasteiger partial charge in [0.05, 0.1) is 16.2 Å². The zero-order chi connectivity index (χ0) is 26.4. The Bertz CT molecular complexity index is 1180. The summed E-state index contributed by atoms with van der Waals surface area (Å²) in [4.78, 5) is 26.9. The van der Waals surface area contributed by atoms with Gasteiger partial charge in [0.25, 0.3) is 11.6 Å². The van der Waals surface area contributed by atoms with Gasteiger partial charge >= 0.3 is 0 Å². The van der Waals surface area contributed by atoms with Gasteiger partial charge in [-0.1, -0.05) is 24.3 Å². The molecule has 1 aliphatic heterocycles. The average molecular weight is 511 g/mol. The summed E-state index contributed by atoms with van der Waals surface area (Å²) in [5.41, 5.74) is 3.88.